The highest BCUT2D eigenvalue weighted by Gasteiger charge is 2.18. The summed E-state index contributed by atoms with van der Waals surface area (Å²) >= 11 is 1.40. The number of carbonyl (C=O) groups excluding carboxylic acids is 1. The van der Waals surface area contributed by atoms with Crippen LogP contribution in [-0.2, 0) is 4.79 Å². The van der Waals surface area contributed by atoms with Crippen molar-refractivity contribution in [1.82, 2.24) is 10.2 Å². The molecule has 1 N–H and O–H groups in total. The number of ether oxygens (including phenoxy) is 1. The van der Waals surface area contributed by atoms with Gasteiger partial charge in [0.15, 0.2) is 0 Å². The van der Waals surface area contributed by atoms with Crippen LogP contribution in [0.4, 0.5) is 5.13 Å². The van der Waals surface area contributed by atoms with Crippen molar-refractivity contribution in [3.8, 4) is 5.75 Å². The van der Waals surface area contributed by atoms with Crippen LogP contribution in [0.25, 0.3) is 6.08 Å². The summed E-state index contributed by atoms with van der Waals surface area (Å²) in [4.78, 5) is 12.2. The third-order valence-electron chi connectivity index (χ3n) is 3.08. The SMILES string of the molecule is CC(C)c1nnc(NC(=O)C2=Cc3ccccc3OC2)s1. The van der Waals surface area contributed by atoms with Gasteiger partial charge < -0.3 is 4.74 Å². The van der Waals surface area contributed by atoms with E-state index in [1.807, 2.05) is 44.2 Å². The highest BCUT2D eigenvalue weighted by molar-refractivity contribution is 7.15. The minimum absolute atomic E-state index is 0.198. The molecule has 5 nitrogen and oxygen atoms in total. The zero-order chi connectivity index (χ0) is 14.8. The maximum absolute atomic E-state index is 12.2. The predicted molar refractivity (Wildman–Crippen MR) is 82.5 cm³/mol. The van der Waals surface area contributed by atoms with Gasteiger partial charge in [-0.1, -0.05) is 43.4 Å². The number of nitrogens with zero attached hydrogens (tertiary/aromatic N) is 2. The van der Waals surface area contributed by atoms with Crippen molar-refractivity contribution in [3.05, 3.63) is 40.4 Å². The molecule has 21 heavy (non-hydrogen) atoms. The van der Waals surface area contributed by atoms with Gasteiger partial charge in [-0.05, 0) is 12.1 Å². The smallest absolute Gasteiger partial charge is 0.256 e. The maximum Gasteiger partial charge on any atom is 0.256 e. The van der Waals surface area contributed by atoms with Crippen molar-refractivity contribution in [3.63, 3.8) is 0 Å². The summed E-state index contributed by atoms with van der Waals surface area (Å²) in [6.07, 6.45) is 1.85. The van der Waals surface area contributed by atoms with Crippen LogP contribution in [0.1, 0.15) is 30.3 Å². The topological polar surface area (TPSA) is 64.1 Å². The van der Waals surface area contributed by atoms with E-state index in [2.05, 4.69) is 15.5 Å². The lowest BCUT2D eigenvalue weighted by Crippen LogP contribution is -2.21. The average molecular weight is 301 g/mol. The fourth-order valence-corrected chi connectivity index (χ4v) is 2.68. The van der Waals surface area contributed by atoms with Crippen molar-refractivity contribution in [2.24, 2.45) is 0 Å². The molecule has 0 aliphatic carbocycles. The van der Waals surface area contributed by atoms with Gasteiger partial charge in [-0.3, -0.25) is 10.1 Å². The molecule has 0 spiro atoms. The van der Waals surface area contributed by atoms with Crippen molar-refractivity contribution in [2.45, 2.75) is 19.8 Å². The van der Waals surface area contributed by atoms with E-state index in [9.17, 15) is 4.79 Å². The van der Waals surface area contributed by atoms with Crippen molar-refractivity contribution in [1.29, 1.82) is 0 Å². The number of rotatable bonds is 3. The molecule has 0 fully saturated rings. The molecule has 108 valence electrons. The number of aromatic nitrogens is 2. The van der Waals surface area contributed by atoms with E-state index >= 15 is 0 Å². The average Bonchev–Trinajstić information content (AvgIpc) is 2.95. The van der Waals surface area contributed by atoms with Gasteiger partial charge in [-0.2, -0.15) is 0 Å². The first-order valence-corrected chi connectivity index (χ1v) is 7.52. The fourth-order valence-electron chi connectivity index (χ4n) is 1.94. The van der Waals surface area contributed by atoms with E-state index in [0.717, 1.165) is 16.3 Å². The third kappa shape index (κ3) is 2.95. The highest BCUT2D eigenvalue weighted by atomic mass is 32.1. The Morgan fingerprint density at radius 1 is 1.33 bits per heavy atom. The summed E-state index contributed by atoms with van der Waals surface area (Å²) in [5, 5.41) is 12.2. The Bertz CT molecular complexity index is 706. The highest BCUT2D eigenvalue weighted by Crippen LogP contribution is 2.27. The molecule has 0 radical (unpaired) electrons. The summed E-state index contributed by atoms with van der Waals surface area (Å²) in [7, 11) is 0. The van der Waals surface area contributed by atoms with Gasteiger partial charge in [0.25, 0.3) is 5.91 Å². The van der Waals surface area contributed by atoms with Crippen LogP contribution in [0.15, 0.2) is 29.8 Å². The van der Waals surface area contributed by atoms with Crippen LogP contribution >= 0.6 is 11.3 Å². The van der Waals surface area contributed by atoms with E-state index in [-0.39, 0.29) is 12.5 Å². The Hall–Kier alpha value is -2.21. The summed E-state index contributed by atoms with van der Waals surface area (Å²) in [6, 6.07) is 7.63. The van der Waals surface area contributed by atoms with Crippen LogP contribution in [0.3, 0.4) is 0 Å². The second-order valence-electron chi connectivity index (χ2n) is 5.05. The molecule has 2 aromatic rings. The number of carbonyl (C=O) groups is 1. The number of benzene rings is 1. The van der Waals surface area contributed by atoms with E-state index in [1.165, 1.54) is 11.3 Å². The molecule has 3 rings (SSSR count). The predicted octanol–water partition coefficient (Wildman–Crippen LogP) is 3.08. The van der Waals surface area contributed by atoms with Crippen LogP contribution in [-0.4, -0.2) is 22.7 Å². The largest absolute Gasteiger partial charge is 0.488 e. The normalized spacial score (nSPS) is 13.4. The second-order valence-corrected chi connectivity index (χ2v) is 6.06. The van der Waals surface area contributed by atoms with Gasteiger partial charge in [0.2, 0.25) is 5.13 Å². The molecule has 0 saturated heterocycles. The van der Waals surface area contributed by atoms with Crippen LogP contribution in [0.2, 0.25) is 0 Å². The standard InChI is InChI=1S/C15H15N3O2S/c1-9(2)14-17-18-15(21-14)16-13(19)11-7-10-5-3-4-6-12(10)20-8-11/h3-7,9H,8H2,1-2H3,(H,16,18,19). The molecule has 1 aromatic heterocycles. The molecular formula is C15H15N3O2S. The zero-order valence-corrected chi connectivity index (χ0v) is 12.6. The number of anilines is 1. The van der Waals surface area contributed by atoms with Crippen molar-refractivity contribution in [2.75, 3.05) is 11.9 Å². The zero-order valence-electron chi connectivity index (χ0n) is 11.8. The first-order chi connectivity index (χ1) is 10.1. The molecule has 0 saturated carbocycles. The Morgan fingerprint density at radius 2 is 2.14 bits per heavy atom. The number of fused-ring (bicyclic) bond motifs is 1. The third-order valence-corrected chi connectivity index (χ3v) is 4.22. The summed E-state index contributed by atoms with van der Waals surface area (Å²) in [5.74, 6) is 0.903. The van der Waals surface area contributed by atoms with E-state index in [1.54, 1.807) is 0 Å². The maximum atomic E-state index is 12.2. The molecule has 1 aromatic carbocycles. The van der Waals surface area contributed by atoms with Gasteiger partial charge in [0.1, 0.15) is 17.4 Å². The molecule has 2 heterocycles. The lowest BCUT2D eigenvalue weighted by atomic mass is 10.1. The second kappa shape index (κ2) is 5.65. The Balaban J connectivity index is 1.75. The van der Waals surface area contributed by atoms with Crippen LogP contribution in [0.5, 0.6) is 5.75 Å². The van der Waals surface area contributed by atoms with Crippen LogP contribution in [0, 0.1) is 0 Å². The number of amides is 1. The Labute approximate surface area is 126 Å². The van der Waals surface area contributed by atoms with E-state index < -0.39 is 0 Å². The lowest BCUT2D eigenvalue weighted by Gasteiger charge is -2.16. The summed E-state index contributed by atoms with van der Waals surface area (Å²) in [6.45, 7) is 4.35. The van der Waals surface area contributed by atoms with Gasteiger partial charge in [-0.15, -0.1) is 10.2 Å². The molecule has 1 amide bonds. The molecule has 1 aliphatic heterocycles. The van der Waals surface area contributed by atoms with Gasteiger partial charge in [-0.25, -0.2) is 0 Å². The first-order valence-electron chi connectivity index (χ1n) is 6.70. The number of hydrogen-bond donors (Lipinski definition) is 1. The molecule has 0 bridgehead atoms. The molecule has 0 unspecified atom stereocenters. The molecule has 1 aliphatic rings. The molecule has 0 atom stereocenters. The lowest BCUT2D eigenvalue weighted by molar-refractivity contribution is -0.113. The van der Waals surface area contributed by atoms with Gasteiger partial charge in [0, 0.05) is 11.5 Å². The Kier molecular flexibility index (Phi) is 3.70. The number of hydrogen-bond acceptors (Lipinski definition) is 5. The van der Waals surface area contributed by atoms with E-state index in [0.29, 0.717) is 16.6 Å². The number of para-hydroxylation sites is 1. The van der Waals surface area contributed by atoms with Crippen molar-refractivity contribution < 1.29 is 9.53 Å². The molecule has 6 heteroatoms. The van der Waals surface area contributed by atoms with Crippen molar-refractivity contribution >= 4 is 28.5 Å². The minimum atomic E-state index is -0.198. The van der Waals surface area contributed by atoms with E-state index in [4.69, 9.17) is 4.74 Å². The van der Waals surface area contributed by atoms with Crippen LogP contribution < -0.4 is 10.1 Å². The Morgan fingerprint density at radius 3 is 2.90 bits per heavy atom. The summed E-state index contributed by atoms with van der Waals surface area (Å²) < 4.78 is 5.58. The summed E-state index contributed by atoms with van der Waals surface area (Å²) in [5.41, 5.74) is 1.49. The minimum Gasteiger partial charge on any atom is -0.488 e. The number of nitrogens with one attached hydrogen (secondary N) is 1. The van der Waals surface area contributed by atoms with Gasteiger partial charge in [0.05, 0.1) is 5.57 Å². The molecular weight excluding hydrogens is 286 g/mol. The van der Waals surface area contributed by atoms with Gasteiger partial charge >= 0.3 is 0 Å². The monoisotopic (exact) mass is 301 g/mol. The first kappa shape index (κ1) is 13.8. The fraction of sp³-hybridized carbons (Fsp3) is 0.267. The quantitative estimate of drug-likeness (QED) is 0.946.